The highest BCUT2D eigenvalue weighted by molar-refractivity contribution is 9.09. The lowest BCUT2D eigenvalue weighted by atomic mass is 10.1. The molecule has 16 heavy (non-hydrogen) atoms. The number of nitrogens with zero attached hydrogens (tertiary/aromatic N) is 2. The van der Waals surface area contributed by atoms with E-state index in [9.17, 15) is 10.1 Å². The fourth-order valence-corrected chi connectivity index (χ4v) is 1.63. The molecule has 1 aromatic rings. The molecular formula is C11H15BrN2O2. The van der Waals surface area contributed by atoms with Crippen LogP contribution in [0.4, 0.5) is 5.69 Å². The summed E-state index contributed by atoms with van der Waals surface area (Å²) in [6.45, 7) is 5.90. The first kappa shape index (κ1) is 13.1. The van der Waals surface area contributed by atoms with Gasteiger partial charge in [-0.1, -0.05) is 29.8 Å². The van der Waals surface area contributed by atoms with E-state index in [1.54, 1.807) is 19.2 Å². The van der Waals surface area contributed by atoms with E-state index in [0.29, 0.717) is 22.7 Å². The van der Waals surface area contributed by atoms with Gasteiger partial charge in [-0.2, -0.15) is 0 Å². The lowest BCUT2D eigenvalue weighted by Gasteiger charge is -2.12. The van der Waals surface area contributed by atoms with Gasteiger partial charge < -0.3 is 0 Å². The first-order chi connectivity index (χ1) is 7.41. The Balaban J connectivity index is 2.91. The predicted octanol–water partition coefficient (Wildman–Crippen LogP) is 3.26. The summed E-state index contributed by atoms with van der Waals surface area (Å²) in [6.07, 6.45) is 2.27. The predicted molar refractivity (Wildman–Crippen MR) is 66.9 cm³/mol. The van der Waals surface area contributed by atoms with Gasteiger partial charge in [-0.05, 0) is 12.8 Å². The Morgan fingerprint density at radius 3 is 2.69 bits per heavy atom. The Morgan fingerprint density at radius 2 is 2.19 bits per heavy atom. The number of aromatic nitrogens is 1. The lowest BCUT2D eigenvalue weighted by molar-refractivity contribution is -0.385. The van der Waals surface area contributed by atoms with Crippen LogP contribution in [0.5, 0.6) is 0 Å². The van der Waals surface area contributed by atoms with Gasteiger partial charge >= 0.3 is 0 Å². The Hall–Kier alpha value is -0.970. The smallest absolute Gasteiger partial charge is 0.260 e. The maximum Gasteiger partial charge on any atom is 0.275 e. The highest BCUT2D eigenvalue weighted by atomic mass is 79.9. The molecule has 5 heteroatoms. The average molecular weight is 287 g/mol. The molecule has 88 valence electrons. The van der Waals surface area contributed by atoms with Crippen LogP contribution in [-0.4, -0.2) is 14.7 Å². The molecule has 4 nitrogen and oxygen atoms in total. The molecule has 0 saturated carbocycles. The van der Waals surface area contributed by atoms with Crippen molar-refractivity contribution in [2.24, 2.45) is 5.92 Å². The van der Waals surface area contributed by atoms with Crippen molar-refractivity contribution in [3.63, 3.8) is 0 Å². The summed E-state index contributed by atoms with van der Waals surface area (Å²) in [4.78, 5) is 14.9. The Morgan fingerprint density at radius 1 is 1.56 bits per heavy atom. The van der Waals surface area contributed by atoms with E-state index >= 15 is 0 Å². The van der Waals surface area contributed by atoms with Crippen LogP contribution in [0, 0.1) is 23.0 Å². The van der Waals surface area contributed by atoms with E-state index < -0.39 is 0 Å². The van der Waals surface area contributed by atoms with Gasteiger partial charge in [-0.25, -0.2) is 0 Å². The van der Waals surface area contributed by atoms with Crippen LogP contribution in [0.15, 0.2) is 12.3 Å². The largest absolute Gasteiger partial charge is 0.275 e. The topological polar surface area (TPSA) is 56.0 Å². The first-order valence-electron chi connectivity index (χ1n) is 5.15. The molecule has 1 aromatic heterocycles. The second kappa shape index (κ2) is 5.39. The molecule has 1 atom stereocenters. The quantitative estimate of drug-likeness (QED) is 0.485. The molecule has 1 heterocycles. The van der Waals surface area contributed by atoms with Gasteiger partial charge in [0.05, 0.1) is 4.92 Å². The molecule has 0 bridgehead atoms. The number of rotatable bonds is 4. The molecule has 0 aromatic carbocycles. The van der Waals surface area contributed by atoms with Crippen molar-refractivity contribution in [2.75, 3.05) is 0 Å². The summed E-state index contributed by atoms with van der Waals surface area (Å²) in [6, 6.07) is 1.56. The summed E-state index contributed by atoms with van der Waals surface area (Å²) >= 11 is 3.55. The maximum atomic E-state index is 10.8. The van der Waals surface area contributed by atoms with Gasteiger partial charge in [0.2, 0.25) is 0 Å². The Bertz CT molecular complexity index is 394. The van der Waals surface area contributed by atoms with Crippen molar-refractivity contribution < 1.29 is 4.92 Å². The zero-order chi connectivity index (χ0) is 12.3. The minimum Gasteiger partial charge on any atom is -0.260 e. The van der Waals surface area contributed by atoms with Crippen molar-refractivity contribution in [1.29, 1.82) is 0 Å². The Labute approximate surface area is 103 Å². The van der Waals surface area contributed by atoms with Crippen LogP contribution >= 0.6 is 15.9 Å². The Kier molecular flexibility index (Phi) is 4.41. The van der Waals surface area contributed by atoms with Crippen molar-refractivity contribution in [3.05, 3.63) is 33.6 Å². The molecule has 0 aliphatic rings. The summed E-state index contributed by atoms with van der Waals surface area (Å²) in [7, 11) is 0. The third-order valence-corrected chi connectivity index (χ3v) is 3.84. The third kappa shape index (κ3) is 3.27. The molecule has 0 N–H and O–H groups in total. The highest BCUT2D eigenvalue weighted by Gasteiger charge is 2.15. The number of pyridine rings is 1. The second-order valence-electron chi connectivity index (χ2n) is 4.18. The molecule has 1 rings (SSSR count). The van der Waals surface area contributed by atoms with Crippen molar-refractivity contribution in [2.45, 2.75) is 32.0 Å². The van der Waals surface area contributed by atoms with Crippen LogP contribution < -0.4 is 0 Å². The molecule has 0 radical (unpaired) electrons. The number of aryl methyl sites for hydroxylation is 1. The summed E-state index contributed by atoms with van der Waals surface area (Å²) in [5.41, 5.74) is 1.51. The van der Waals surface area contributed by atoms with Gasteiger partial charge in [0, 0.05) is 34.8 Å². The van der Waals surface area contributed by atoms with Crippen LogP contribution in [0.1, 0.15) is 25.1 Å². The van der Waals surface area contributed by atoms with Crippen molar-refractivity contribution in [3.8, 4) is 0 Å². The monoisotopic (exact) mass is 286 g/mol. The van der Waals surface area contributed by atoms with Gasteiger partial charge in [0.1, 0.15) is 0 Å². The number of halogens is 1. The molecular weight excluding hydrogens is 272 g/mol. The van der Waals surface area contributed by atoms with E-state index in [1.165, 1.54) is 0 Å². The van der Waals surface area contributed by atoms with Crippen molar-refractivity contribution in [1.82, 2.24) is 4.98 Å². The van der Waals surface area contributed by atoms with Crippen LogP contribution in [0.2, 0.25) is 0 Å². The van der Waals surface area contributed by atoms with Crippen molar-refractivity contribution >= 4 is 21.6 Å². The SMILES string of the molecule is Cc1cnc(CC(Br)C(C)C)cc1[N+](=O)[O-]. The van der Waals surface area contributed by atoms with E-state index in [4.69, 9.17) is 0 Å². The summed E-state index contributed by atoms with van der Waals surface area (Å²) in [5.74, 6) is 0.474. The second-order valence-corrected chi connectivity index (χ2v) is 5.36. The van der Waals surface area contributed by atoms with E-state index in [0.717, 1.165) is 5.69 Å². The lowest BCUT2D eigenvalue weighted by Crippen LogP contribution is -2.11. The third-order valence-electron chi connectivity index (χ3n) is 2.46. The molecule has 0 spiro atoms. The highest BCUT2D eigenvalue weighted by Crippen LogP contribution is 2.21. The van der Waals surface area contributed by atoms with Gasteiger partial charge in [0.25, 0.3) is 5.69 Å². The van der Waals surface area contributed by atoms with E-state index in [-0.39, 0.29) is 10.6 Å². The normalized spacial score (nSPS) is 12.8. The van der Waals surface area contributed by atoms with Crippen LogP contribution in [0.25, 0.3) is 0 Å². The molecule has 1 unspecified atom stereocenters. The molecule has 0 aliphatic carbocycles. The fourth-order valence-electron chi connectivity index (χ4n) is 1.30. The molecule has 0 fully saturated rings. The summed E-state index contributed by atoms with van der Waals surface area (Å²) < 4.78 is 0. The fraction of sp³-hybridized carbons (Fsp3) is 0.545. The standard InChI is InChI=1S/C11H15BrN2O2/c1-7(2)10(12)4-9-5-11(14(15)16)8(3)6-13-9/h5-7,10H,4H2,1-3H3. The molecule has 0 saturated heterocycles. The van der Waals surface area contributed by atoms with Gasteiger partial charge in [0.15, 0.2) is 0 Å². The van der Waals surface area contributed by atoms with Gasteiger partial charge in [-0.15, -0.1) is 0 Å². The zero-order valence-electron chi connectivity index (χ0n) is 9.61. The first-order valence-corrected chi connectivity index (χ1v) is 6.07. The van der Waals surface area contributed by atoms with Crippen LogP contribution in [0.3, 0.4) is 0 Å². The number of hydrogen-bond donors (Lipinski definition) is 0. The number of nitro groups is 1. The summed E-state index contributed by atoms with van der Waals surface area (Å²) in [5, 5.41) is 10.8. The minimum atomic E-state index is -0.362. The van der Waals surface area contributed by atoms with Crippen LogP contribution in [-0.2, 0) is 6.42 Å². The maximum absolute atomic E-state index is 10.8. The van der Waals surface area contributed by atoms with E-state index in [2.05, 4.69) is 34.8 Å². The van der Waals surface area contributed by atoms with E-state index in [1.807, 2.05) is 0 Å². The zero-order valence-corrected chi connectivity index (χ0v) is 11.2. The molecule has 0 amide bonds. The number of hydrogen-bond acceptors (Lipinski definition) is 3. The number of alkyl halides is 1. The molecule has 0 aliphatic heterocycles. The van der Waals surface area contributed by atoms with Gasteiger partial charge in [-0.3, -0.25) is 15.1 Å². The average Bonchev–Trinajstić information content (AvgIpc) is 2.20. The minimum absolute atomic E-state index is 0.147.